The van der Waals surface area contributed by atoms with Crippen molar-refractivity contribution < 1.29 is 9.32 Å². The lowest BCUT2D eigenvalue weighted by atomic mass is 9.93. The molecule has 1 amide bonds. The summed E-state index contributed by atoms with van der Waals surface area (Å²) in [4.78, 5) is 13.6. The first-order valence-electron chi connectivity index (χ1n) is 5.06. The first-order valence-corrected chi connectivity index (χ1v) is 5.06. The molecule has 1 aromatic heterocycles. The van der Waals surface area contributed by atoms with E-state index in [0.717, 1.165) is 13.0 Å². The van der Waals surface area contributed by atoms with E-state index in [9.17, 15) is 4.79 Å². The van der Waals surface area contributed by atoms with Crippen molar-refractivity contribution in [3.8, 4) is 0 Å². The average molecular weight is 207 g/mol. The van der Waals surface area contributed by atoms with E-state index in [1.807, 2.05) is 6.54 Å². The molecule has 1 fully saturated rings. The fourth-order valence-corrected chi connectivity index (χ4v) is 1.72. The zero-order valence-electron chi connectivity index (χ0n) is 9.28. The smallest absolute Gasteiger partial charge is 0.276 e. The highest BCUT2D eigenvalue weighted by Crippen LogP contribution is 2.32. The van der Waals surface area contributed by atoms with Gasteiger partial charge in [-0.1, -0.05) is 19.0 Å². The summed E-state index contributed by atoms with van der Waals surface area (Å²) in [5.41, 5.74) is 0.565. The third kappa shape index (κ3) is 2.03. The molecule has 0 spiro atoms. The van der Waals surface area contributed by atoms with E-state index < -0.39 is 0 Å². The number of hydrogen-bond acceptors (Lipinski definition) is 3. The molecule has 2 rings (SSSR count). The molecule has 81 valence electrons. The van der Waals surface area contributed by atoms with Crippen LogP contribution in [0.2, 0.25) is 0 Å². The van der Waals surface area contributed by atoms with Crippen LogP contribution in [-0.2, 0) is 0 Å². The van der Waals surface area contributed by atoms with Crippen LogP contribution in [0.4, 0.5) is 0 Å². The minimum absolute atomic E-state index is 0.0718. The van der Waals surface area contributed by atoms with Crippen molar-refractivity contribution in [1.29, 1.82) is 0 Å². The summed E-state index contributed by atoms with van der Waals surface area (Å²) in [5, 5.41) is 3.72. The lowest BCUT2D eigenvalue weighted by Gasteiger charge is -2.18. The van der Waals surface area contributed by atoms with E-state index in [0.29, 0.717) is 11.5 Å². The molecule has 15 heavy (non-hydrogen) atoms. The molecule has 0 saturated carbocycles. The molecule has 4 heteroatoms. The number of aryl methyl sites for hydroxylation is 1. The number of amides is 1. The zero-order valence-corrected chi connectivity index (χ0v) is 9.28. The molecular formula is C11H15N2O2. The van der Waals surface area contributed by atoms with Crippen molar-refractivity contribution in [3.05, 3.63) is 24.1 Å². The highest BCUT2D eigenvalue weighted by molar-refractivity contribution is 5.92. The van der Waals surface area contributed by atoms with Gasteiger partial charge in [-0.25, -0.2) is 0 Å². The van der Waals surface area contributed by atoms with Crippen LogP contribution in [0.3, 0.4) is 0 Å². The van der Waals surface area contributed by atoms with E-state index in [1.165, 1.54) is 0 Å². The Bertz CT molecular complexity index is 382. The van der Waals surface area contributed by atoms with Crippen molar-refractivity contribution >= 4 is 5.91 Å². The summed E-state index contributed by atoms with van der Waals surface area (Å²) < 4.78 is 4.89. The number of likely N-dealkylation sites (tertiary alicyclic amines) is 1. The second kappa shape index (κ2) is 3.36. The SMILES string of the molecule is Cc1cc(C(=O)N2[CH]CC(C)(C)C2)no1. The quantitative estimate of drug-likeness (QED) is 0.707. The average Bonchev–Trinajstić information content (AvgIpc) is 2.71. The molecule has 2 heterocycles. The summed E-state index contributed by atoms with van der Waals surface area (Å²) in [6, 6.07) is 1.67. The van der Waals surface area contributed by atoms with Crippen molar-refractivity contribution in [2.24, 2.45) is 5.41 Å². The van der Waals surface area contributed by atoms with Crippen molar-refractivity contribution in [3.63, 3.8) is 0 Å². The Labute approximate surface area is 89.2 Å². The fourth-order valence-electron chi connectivity index (χ4n) is 1.72. The predicted octanol–water partition coefficient (Wildman–Crippen LogP) is 2.02. The van der Waals surface area contributed by atoms with E-state index >= 15 is 0 Å². The molecule has 1 aliphatic heterocycles. The molecule has 1 aliphatic rings. The van der Waals surface area contributed by atoms with Gasteiger partial charge in [-0.3, -0.25) is 4.79 Å². The standard InChI is InChI=1S/C11H15N2O2/c1-8-6-9(12-15-8)10(14)13-5-4-11(2,3)7-13/h5-6H,4,7H2,1-3H3. The zero-order chi connectivity index (χ0) is 11.1. The third-order valence-electron chi connectivity index (χ3n) is 2.57. The molecule has 4 nitrogen and oxygen atoms in total. The van der Waals surface area contributed by atoms with Crippen molar-refractivity contribution in [1.82, 2.24) is 10.1 Å². The Kier molecular flexibility index (Phi) is 2.29. The predicted molar refractivity (Wildman–Crippen MR) is 55.0 cm³/mol. The van der Waals surface area contributed by atoms with Gasteiger partial charge in [0.05, 0.1) is 6.54 Å². The van der Waals surface area contributed by atoms with Crippen LogP contribution in [0.15, 0.2) is 10.6 Å². The monoisotopic (exact) mass is 207 g/mol. The first kappa shape index (κ1) is 10.2. The molecule has 0 aromatic carbocycles. The highest BCUT2D eigenvalue weighted by atomic mass is 16.5. The maximum atomic E-state index is 11.9. The van der Waals surface area contributed by atoms with Crippen LogP contribution in [0, 0.1) is 18.9 Å². The maximum Gasteiger partial charge on any atom is 0.276 e. The van der Waals surface area contributed by atoms with Gasteiger partial charge in [-0.2, -0.15) is 0 Å². The number of carbonyl (C=O) groups is 1. The van der Waals surface area contributed by atoms with Gasteiger partial charge in [0.15, 0.2) is 5.69 Å². The Morgan fingerprint density at radius 3 is 2.80 bits per heavy atom. The maximum absolute atomic E-state index is 11.9. The number of nitrogens with zero attached hydrogens (tertiary/aromatic N) is 2. The van der Waals surface area contributed by atoms with E-state index in [2.05, 4.69) is 19.0 Å². The number of aromatic nitrogens is 1. The number of hydrogen-bond donors (Lipinski definition) is 0. The lowest BCUT2D eigenvalue weighted by molar-refractivity contribution is 0.0794. The molecule has 1 saturated heterocycles. The van der Waals surface area contributed by atoms with Gasteiger partial charge in [0, 0.05) is 12.6 Å². The highest BCUT2D eigenvalue weighted by Gasteiger charge is 2.33. The Balaban J connectivity index is 2.10. The fraction of sp³-hybridized carbons (Fsp3) is 0.545. The molecular weight excluding hydrogens is 192 g/mol. The van der Waals surface area contributed by atoms with Gasteiger partial charge in [0.1, 0.15) is 5.76 Å². The molecule has 0 aliphatic carbocycles. The van der Waals surface area contributed by atoms with Gasteiger partial charge in [-0.15, -0.1) is 0 Å². The molecule has 1 aromatic rings. The van der Waals surface area contributed by atoms with Crippen molar-refractivity contribution in [2.75, 3.05) is 6.54 Å². The first-order chi connectivity index (χ1) is 6.98. The van der Waals surface area contributed by atoms with Gasteiger partial charge in [0.25, 0.3) is 5.91 Å². The van der Waals surface area contributed by atoms with Crippen molar-refractivity contribution in [2.45, 2.75) is 27.2 Å². The van der Waals surface area contributed by atoms with Crippen LogP contribution in [0.25, 0.3) is 0 Å². The summed E-state index contributed by atoms with van der Waals surface area (Å²) in [5.74, 6) is 0.592. The normalized spacial score (nSPS) is 19.5. The van der Waals surface area contributed by atoms with Gasteiger partial charge in [-0.05, 0) is 18.8 Å². The minimum Gasteiger partial charge on any atom is -0.361 e. The second-order valence-electron chi connectivity index (χ2n) is 4.81. The summed E-state index contributed by atoms with van der Waals surface area (Å²) in [6.07, 6.45) is 0.926. The van der Waals surface area contributed by atoms with E-state index in [1.54, 1.807) is 17.9 Å². The van der Waals surface area contributed by atoms with Gasteiger partial charge in [0.2, 0.25) is 0 Å². The number of carbonyl (C=O) groups excluding carboxylic acids is 1. The van der Waals surface area contributed by atoms with Gasteiger partial charge < -0.3 is 9.42 Å². The Morgan fingerprint density at radius 2 is 2.33 bits per heavy atom. The Morgan fingerprint density at radius 1 is 1.60 bits per heavy atom. The largest absolute Gasteiger partial charge is 0.361 e. The van der Waals surface area contributed by atoms with E-state index in [-0.39, 0.29) is 11.3 Å². The van der Waals surface area contributed by atoms with E-state index in [4.69, 9.17) is 4.52 Å². The molecule has 0 atom stereocenters. The number of rotatable bonds is 1. The lowest BCUT2D eigenvalue weighted by Crippen LogP contribution is -2.28. The summed E-state index contributed by atoms with van der Waals surface area (Å²) in [6.45, 7) is 8.75. The Hall–Kier alpha value is -1.32. The van der Waals surface area contributed by atoms with Crippen LogP contribution in [-0.4, -0.2) is 22.5 Å². The van der Waals surface area contributed by atoms with Crippen LogP contribution in [0.1, 0.15) is 36.5 Å². The molecule has 0 bridgehead atoms. The summed E-state index contributed by atoms with van der Waals surface area (Å²) in [7, 11) is 0. The van der Waals surface area contributed by atoms with Gasteiger partial charge >= 0.3 is 0 Å². The van der Waals surface area contributed by atoms with Crippen LogP contribution >= 0.6 is 0 Å². The second-order valence-corrected chi connectivity index (χ2v) is 4.81. The molecule has 0 unspecified atom stereocenters. The minimum atomic E-state index is -0.0718. The van der Waals surface area contributed by atoms with Crippen LogP contribution < -0.4 is 0 Å². The van der Waals surface area contributed by atoms with Crippen LogP contribution in [0.5, 0.6) is 0 Å². The summed E-state index contributed by atoms with van der Waals surface area (Å²) >= 11 is 0. The molecule has 0 N–H and O–H groups in total. The molecule has 1 radical (unpaired) electrons. The third-order valence-corrected chi connectivity index (χ3v) is 2.57. The topological polar surface area (TPSA) is 46.3 Å².